The number of piperazine rings is 1. The van der Waals surface area contributed by atoms with E-state index in [0.29, 0.717) is 49.7 Å². The van der Waals surface area contributed by atoms with E-state index in [4.69, 9.17) is 0 Å². The molecule has 24 heavy (non-hydrogen) atoms. The van der Waals surface area contributed by atoms with Gasteiger partial charge in [-0.2, -0.15) is 4.31 Å². The molecule has 1 aliphatic rings. The van der Waals surface area contributed by atoms with Crippen LogP contribution in [0, 0.1) is 13.8 Å². The maximum absolute atomic E-state index is 12.4. The summed E-state index contributed by atoms with van der Waals surface area (Å²) in [5.74, 6) is 0.475. The van der Waals surface area contributed by atoms with Crippen LogP contribution in [0.1, 0.15) is 30.4 Å². The molecule has 0 spiro atoms. The standard InChI is InChI=1S/C15H24N4O4S/c1-4-9-24(22,23)19-7-5-18(6-8-19)14(20)10-13-11(2)15(21)17-12(3)16-13/h4-10H2,1-3H3,(H,16,17,21). The summed E-state index contributed by atoms with van der Waals surface area (Å²) in [6, 6.07) is 0. The molecule has 1 saturated heterocycles. The van der Waals surface area contributed by atoms with Crippen LogP contribution in [0.25, 0.3) is 0 Å². The number of sulfonamides is 1. The van der Waals surface area contributed by atoms with Gasteiger partial charge in [0.1, 0.15) is 5.82 Å². The van der Waals surface area contributed by atoms with Crippen LogP contribution in [0.3, 0.4) is 0 Å². The van der Waals surface area contributed by atoms with Crippen molar-refractivity contribution in [2.24, 2.45) is 0 Å². The summed E-state index contributed by atoms with van der Waals surface area (Å²) in [7, 11) is -3.22. The van der Waals surface area contributed by atoms with Crippen LogP contribution < -0.4 is 5.56 Å². The molecule has 9 heteroatoms. The number of aromatic nitrogens is 2. The first kappa shape index (κ1) is 18.6. The molecule has 0 aliphatic carbocycles. The molecular weight excluding hydrogens is 332 g/mol. The lowest BCUT2D eigenvalue weighted by atomic mass is 10.1. The molecule has 134 valence electrons. The summed E-state index contributed by atoms with van der Waals surface area (Å²) in [4.78, 5) is 32.6. The Morgan fingerprint density at radius 2 is 1.83 bits per heavy atom. The quantitative estimate of drug-likeness (QED) is 0.788. The van der Waals surface area contributed by atoms with Gasteiger partial charge in [-0.1, -0.05) is 6.92 Å². The van der Waals surface area contributed by atoms with Crippen molar-refractivity contribution in [2.45, 2.75) is 33.6 Å². The summed E-state index contributed by atoms with van der Waals surface area (Å²) >= 11 is 0. The van der Waals surface area contributed by atoms with E-state index in [1.165, 1.54) is 4.31 Å². The van der Waals surface area contributed by atoms with Gasteiger partial charge >= 0.3 is 0 Å². The predicted octanol–water partition coefficient (Wildman–Crippen LogP) is -0.187. The van der Waals surface area contributed by atoms with E-state index in [-0.39, 0.29) is 23.6 Å². The predicted molar refractivity (Wildman–Crippen MR) is 90.3 cm³/mol. The summed E-state index contributed by atoms with van der Waals surface area (Å²) in [6.07, 6.45) is 0.632. The third kappa shape index (κ3) is 4.21. The van der Waals surface area contributed by atoms with E-state index >= 15 is 0 Å². The van der Waals surface area contributed by atoms with Crippen molar-refractivity contribution in [2.75, 3.05) is 31.9 Å². The van der Waals surface area contributed by atoms with Crippen LogP contribution in [0.15, 0.2) is 4.79 Å². The van der Waals surface area contributed by atoms with Gasteiger partial charge in [0.2, 0.25) is 15.9 Å². The van der Waals surface area contributed by atoms with Crippen molar-refractivity contribution in [3.63, 3.8) is 0 Å². The molecule has 1 fully saturated rings. The Morgan fingerprint density at radius 1 is 1.21 bits per heavy atom. The number of carbonyl (C=O) groups excluding carboxylic acids is 1. The Labute approximate surface area is 141 Å². The zero-order valence-electron chi connectivity index (χ0n) is 14.3. The smallest absolute Gasteiger partial charge is 0.254 e. The van der Waals surface area contributed by atoms with E-state index in [2.05, 4.69) is 9.97 Å². The fraction of sp³-hybridized carbons (Fsp3) is 0.667. The number of rotatable bonds is 5. The average Bonchev–Trinajstić information content (AvgIpc) is 2.52. The zero-order chi connectivity index (χ0) is 17.9. The second-order valence-electron chi connectivity index (χ2n) is 6.00. The molecule has 0 unspecified atom stereocenters. The maximum atomic E-state index is 12.4. The third-order valence-electron chi connectivity index (χ3n) is 4.14. The fourth-order valence-corrected chi connectivity index (χ4v) is 4.23. The van der Waals surface area contributed by atoms with E-state index in [9.17, 15) is 18.0 Å². The Bertz CT molecular complexity index is 764. The number of aromatic amines is 1. The van der Waals surface area contributed by atoms with Gasteiger partial charge < -0.3 is 9.88 Å². The first-order chi connectivity index (χ1) is 11.2. The van der Waals surface area contributed by atoms with Crippen LogP contribution in [-0.2, 0) is 21.2 Å². The number of nitrogens with one attached hydrogen (secondary N) is 1. The van der Waals surface area contributed by atoms with Gasteiger partial charge in [0.15, 0.2) is 0 Å². The highest BCUT2D eigenvalue weighted by atomic mass is 32.2. The minimum atomic E-state index is -3.22. The number of nitrogens with zero attached hydrogens (tertiary/aromatic N) is 3. The number of carbonyl (C=O) groups is 1. The molecule has 0 saturated carbocycles. The Kier molecular flexibility index (Phi) is 5.76. The van der Waals surface area contributed by atoms with Crippen molar-refractivity contribution in [1.82, 2.24) is 19.2 Å². The topological polar surface area (TPSA) is 103 Å². The highest BCUT2D eigenvalue weighted by Crippen LogP contribution is 2.11. The first-order valence-corrected chi connectivity index (χ1v) is 9.67. The number of amides is 1. The Balaban J connectivity index is 2.00. The lowest BCUT2D eigenvalue weighted by Gasteiger charge is -2.34. The summed E-state index contributed by atoms with van der Waals surface area (Å²) in [6.45, 7) is 6.50. The molecule has 0 radical (unpaired) electrons. The minimum absolute atomic E-state index is 0.0539. The normalized spacial score (nSPS) is 16.4. The summed E-state index contributed by atoms with van der Waals surface area (Å²) in [5, 5.41) is 0. The number of hydrogen-bond acceptors (Lipinski definition) is 5. The molecule has 2 heterocycles. The van der Waals surface area contributed by atoms with Gasteiger partial charge in [-0.25, -0.2) is 13.4 Å². The summed E-state index contributed by atoms with van der Waals surface area (Å²) < 4.78 is 25.5. The van der Waals surface area contributed by atoms with Crippen molar-refractivity contribution in [1.29, 1.82) is 0 Å². The lowest BCUT2D eigenvalue weighted by Crippen LogP contribution is -2.51. The van der Waals surface area contributed by atoms with Crippen LogP contribution in [0.2, 0.25) is 0 Å². The molecular formula is C15H24N4O4S. The molecule has 1 amide bonds. The van der Waals surface area contributed by atoms with Crippen LogP contribution >= 0.6 is 0 Å². The van der Waals surface area contributed by atoms with Gasteiger partial charge in [0.05, 0.1) is 17.9 Å². The van der Waals surface area contributed by atoms with Gasteiger partial charge in [-0.05, 0) is 20.3 Å². The Hall–Kier alpha value is -1.74. The highest BCUT2D eigenvalue weighted by Gasteiger charge is 2.28. The van der Waals surface area contributed by atoms with Crippen LogP contribution in [0.5, 0.6) is 0 Å². The molecule has 0 atom stereocenters. The number of hydrogen-bond donors (Lipinski definition) is 1. The second-order valence-corrected chi connectivity index (χ2v) is 8.08. The van der Waals surface area contributed by atoms with E-state index in [1.807, 2.05) is 6.92 Å². The van der Waals surface area contributed by atoms with Crippen LogP contribution in [0.4, 0.5) is 0 Å². The molecule has 8 nitrogen and oxygen atoms in total. The molecule has 1 N–H and O–H groups in total. The van der Waals surface area contributed by atoms with E-state index < -0.39 is 10.0 Å². The SMILES string of the molecule is CCCS(=O)(=O)N1CCN(C(=O)Cc2nc(C)[nH]c(=O)c2C)CC1. The van der Waals surface area contributed by atoms with Gasteiger partial charge in [0, 0.05) is 31.7 Å². The minimum Gasteiger partial charge on any atom is -0.340 e. The fourth-order valence-electron chi connectivity index (χ4n) is 2.73. The first-order valence-electron chi connectivity index (χ1n) is 8.06. The summed E-state index contributed by atoms with van der Waals surface area (Å²) in [5.41, 5.74) is 0.682. The molecule has 1 aromatic heterocycles. The van der Waals surface area contributed by atoms with Crippen molar-refractivity contribution in [3.8, 4) is 0 Å². The molecule has 0 aromatic carbocycles. The average molecular weight is 356 g/mol. The third-order valence-corrected chi connectivity index (χ3v) is 6.21. The van der Waals surface area contributed by atoms with E-state index in [1.54, 1.807) is 18.7 Å². The second kappa shape index (κ2) is 7.43. The van der Waals surface area contributed by atoms with Gasteiger partial charge in [-0.15, -0.1) is 0 Å². The van der Waals surface area contributed by atoms with Gasteiger partial charge in [0.25, 0.3) is 5.56 Å². The number of H-pyrrole nitrogens is 1. The maximum Gasteiger partial charge on any atom is 0.254 e. The highest BCUT2D eigenvalue weighted by molar-refractivity contribution is 7.89. The largest absolute Gasteiger partial charge is 0.340 e. The molecule has 2 rings (SSSR count). The van der Waals surface area contributed by atoms with Crippen LogP contribution in [-0.4, -0.2) is 65.4 Å². The number of aryl methyl sites for hydroxylation is 1. The monoisotopic (exact) mass is 356 g/mol. The van der Waals surface area contributed by atoms with E-state index in [0.717, 1.165) is 0 Å². The van der Waals surface area contributed by atoms with Crippen molar-refractivity contribution >= 4 is 15.9 Å². The zero-order valence-corrected chi connectivity index (χ0v) is 15.1. The molecule has 0 bridgehead atoms. The molecule has 1 aliphatic heterocycles. The van der Waals surface area contributed by atoms with Crippen molar-refractivity contribution in [3.05, 3.63) is 27.4 Å². The molecule has 1 aromatic rings. The Morgan fingerprint density at radius 3 is 2.42 bits per heavy atom. The van der Waals surface area contributed by atoms with Crippen molar-refractivity contribution < 1.29 is 13.2 Å². The van der Waals surface area contributed by atoms with Gasteiger partial charge in [-0.3, -0.25) is 9.59 Å². The lowest BCUT2D eigenvalue weighted by molar-refractivity contribution is -0.131.